The van der Waals surface area contributed by atoms with Gasteiger partial charge in [0.05, 0.1) is 22.8 Å². The summed E-state index contributed by atoms with van der Waals surface area (Å²) in [6.45, 7) is 2.70. The molecule has 0 radical (unpaired) electrons. The molecule has 3 N–H and O–H groups in total. The summed E-state index contributed by atoms with van der Waals surface area (Å²) in [6.07, 6.45) is -2.97. The van der Waals surface area contributed by atoms with Crippen LogP contribution in [0.4, 0.5) is 32.0 Å². The first-order valence-corrected chi connectivity index (χ1v) is 12.3. The molecule has 0 aliphatic rings. The molecule has 4 rings (SSSR count). The number of hydrogen-bond donors (Lipinski definition) is 3. The van der Waals surface area contributed by atoms with Crippen molar-refractivity contribution in [1.29, 1.82) is 0 Å². The normalized spacial score (nSPS) is 14.3. The number of aliphatic hydroxyl groups is 1. The van der Waals surface area contributed by atoms with Gasteiger partial charge in [0.25, 0.3) is 17.5 Å². The van der Waals surface area contributed by atoms with Crippen LogP contribution in [-0.4, -0.2) is 42.3 Å². The van der Waals surface area contributed by atoms with E-state index in [-0.39, 0.29) is 28.9 Å². The number of pyridine rings is 1. The highest BCUT2D eigenvalue weighted by molar-refractivity contribution is 5.86. The summed E-state index contributed by atoms with van der Waals surface area (Å²) in [7, 11) is 0. The number of rotatable bonds is 9. The van der Waals surface area contributed by atoms with Gasteiger partial charge in [0.2, 0.25) is 0 Å². The highest BCUT2D eigenvalue weighted by Gasteiger charge is 2.37. The third kappa shape index (κ3) is 6.24. The van der Waals surface area contributed by atoms with Gasteiger partial charge in [0, 0.05) is 36.7 Å². The van der Waals surface area contributed by atoms with Gasteiger partial charge in [0.1, 0.15) is 11.4 Å². The van der Waals surface area contributed by atoms with E-state index in [9.17, 15) is 41.0 Å². The Morgan fingerprint density at radius 1 is 1.12 bits per heavy atom. The average Bonchev–Trinajstić information content (AvgIpc) is 2.89. The molecule has 9 nitrogen and oxygen atoms in total. The third-order valence-corrected chi connectivity index (χ3v) is 6.54. The summed E-state index contributed by atoms with van der Waals surface area (Å²) in [5.74, 6) is -0.960. The van der Waals surface area contributed by atoms with Crippen molar-refractivity contribution in [3.8, 4) is 11.4 Å². The molecule has 0 bridgehead atoms. The summed E-state index contributed by atoms with van der Waals surface area (Å²) < 4.78 is 82.2. The first-order chi connectivity index (χ1) is 19.2. The number of hydrogen-bond acceptors (Lipinski definition) is 7. The van der Waals surface area contributed by atoms with Crippen LogP contribution in [0, 0.1) is 5.82 Å². The molecule has 1 unspecified atom stereocenters. The van der Waals surface area contributed by atoms with Crippen molar-refractivity contribution in [3.63, 3.8) is 0 Å². The van der Waals surface area contributed by atoms with E-state index >= 15 is 0 Å². The highest BCUT2D eigenvalue weighted by atomic mass is 19.4. The van der Waals surface area contributed by atoms with E-state index in [1.807, 2.05) is 0 Å². The van der Waals surface area contributed by atoms with Gasteiger partial charge < -0.3 is 15.0 Å². The van der Waals surface area contributed by atoms with Crippen LogP contribution in [0.15, 0.2) is 52.6 Å². The van der Waals surface area contributed by atoms with Crippen molar-refractivity contribution in [1.82, 2.24) is 24.7 Å². The predicted molar refractivity (Wildman–Crippen MR) is 137 cm³/mol. The van der Waals surface area contributed by atoms with Crippen molar-refractivity contribution in [2.75, 3.05) is 5.32 Å². The maximum absolute atomic E-state index is 15.0. The van der Waals surface area contributed by atoms with E-state index in [4.69, 9.17) is 0 Å². The van der Waals surface area contributed by atoms with Gasteiger partial charge in [-0.25, -0.2) is 28.2 Å². The number of benzene rings is 1. The zero-order valence-electron chi connectivity index (χ0n) is 21.6. The van der Waals surface area contributed by atoms with Gasteiger partial charge >= 0.3 is 6.18 Å². The van der Waals surface area contributed by atoms with Crippen LogP contribution >= 0.6 is 0 Å². The molecule has 1 aromatic carbocycles. The number of nitrogens with one attached hydrogen (secondary N) is 2. The van der Waals surface area contributed by atoms with E-state index in [2.05, 4.69) is 20.4 Å². The lowest BCUT2D eigenvalue weighted by atomic mass is 10.00. The number of fused-ring (bicyclic) bond motifs is 1. The molecule has 0 aliphatic carbocycles. The topological polar surface area (TPSA) is 126 Å². The van der Waals surface area contributed by atoms with Gasteiger partial charge in [-0.1, -0.05) is 0 Å². The van der Waals surface area contributed by atoms with Crippen LogP contribution in [0.3, 0.4) is 0 Å². The Bertz CT molecular complexity index is 1670. The number of H-pyrrole nitrogens is 1. The Morgan fingerprint density at radius 3 is 2.44 bits per heavy atom. The number of aryl methyl sites for hydroxylation is 1. The number of anilines is 1. The Kier molecular flexibility index (Phi) is 8.19. The van der Waals surface area contributed by atoms with Gasteiger partial charge in [-0.2, -0.15) is 18.3 Å². The molecular formula is C26H24F6N6O3. The van der Waals surface area contributed by atoms with Crippen molar-refractivity contribution in [2.45, 2.75) is 57.5 Å². The fourth-order valence-electron chi connectivity index (χ4n) is 4.20. The summed E-state index contributed by atoms with van der Waals surface area (Å²) in [5.41, 5.74) is -6.52. The lowest BCUT2D eigenvalue weighted by Crippen LogP contribution is -2.30. The van der Waals surface area contributed by atoms with Crippen LogP contribution in [0.1, 0.15) is 37.8 Å². The number of alkyl halides is 5. The summed E-state index contributed by atoms with van der Waals surface area (Å²) in [5, 5.41) is 18.1. The van der Waals surface area contributed by atoms with Gasteiger partial charge in [-0.3, -0.25) is 9.59 Å². The Balaban J connectivity index is 1.48. The fraction of sp³-hybridized carbons (Fsp3) is 0.346. The van der Waals surface area contributed by atoms with Crippen molar-refractivity contribution >= 4 is 16.5 Å². The summed E-state index contributed by atoms with van der Waals surface area (Å²) in [4.78, 5) is 32.4. The predicted octanol–water partition coefficient (Wildman–Crippen LogP) is 4.45. The smallest absolute Gasteiger partial charge is 0.381 e. The second-order valence-corrected chi connectivity index (χ2v) is 9.65. The molecule has 218 valence electrons. The number of aromatic amines is 1. The minimum absolute atomic E-state index is 0.0570. The van der Waals surface area contributed by atoms with Crippen LogP contribution < -0.4 is 16.4 Å². The maximum Gasteiger partial charge on any atom is 0.423 e. The van der Waals surface area contributed by atoms with Crippen molar-refractivity contribution < 1.29 is 31.4 Å². The van der Waals surface area contributed by atoms with Crippen LogP contribution in [-0.2, 0) is 18.3 Å². The summed E-state index contributed by atoms with van der Waals surface area (Å²) >= 11 is 0. The number of nitrogens with zero attached hydrogens (tertiary/aromatic N) is 4. The monoisotopic (exact) mass is 582 g/mol. The zero-order valence-corrected chi connectivity index (χ0v) is 21.6. The molecule has 2 atom stereocenters. The van der Waals surface area contributed by atoms with Crippen molar-refractivity contribution in [2.24, 2.45) is 0 Å². The minimum atomic E-state index is -4.88. The first-order valence-electron chi connectivity index (χ1n) is 12.3. The quantitative estimate of drug-likeness (QED) is 0.249. The highest BCUT2D eigenvalue weighted by Crippen LogP contribution is 2.32. The van der Waals surface area contributed by atoms with E-state index < -0.39 is 52.4 Å². The number of aromatic nitrogens is 5. The molecular weight excluding hydrogens is 558 g/mol. The molecule has 0 saturated carbocycles. The van der Waals surface area contributed by atoms with Gasteiger partial charge in [0.15, 0.2) is 11.4 Å². The molecule has 0 saturated heterocycles. The van der Waals surface area contributed by atoms with E-state index in [0.717, 1.165) is 31.6 Å². The SMILES string of the molecule is CC(CCCn1ccc2cc(-c3ncc([C@](C)(O)C(F)F)cn3)c(F)cc2c1=O)Nc1cn[nH]c(=O)c1C(F)(F)F. The lowest BCUT2D eigenvalue weighted by molar-refractivity contribution is -0.138. The molecule has 15 heteroatoms. The Labute approximate surface area is 227 Å². The lowest BCUT2D eigenvalue weighted by Gasteiger charge is -2.21. The van der Waals surface area contributed by atoms with E-state index in [0.29, 0.717) is 18.2 Å². The number of halogens is 6. The summed E-state index contributed by atoms with van der Waals surface area (Å²) in [6, 6.07) is 3.41. The molecule has 0 fully saturated rings. The van der Waals surface area contributed by atoms with Gasteiger partial charge in [-0.15, -0.1) is 0 Å². The minimum Gasteiger partial charge on any atom is -0.381 e. The van der Waals surface area contributed by atoms with Gasteiger partial charge in [-0.05, 0) is 50.3 Å². The molecule has 4 aromatic rings. The molecule has 0 aliphatic heterocycles. The Morgan fingerprint density at radius 2 is 1.80 bits per heavy atom. The van der Waals surface area contributed by atoms with E-state index in [1.54, 1.807) is 18.1 Å². The molecule has 3 heterocycles. The van der Waals surface area contributed by atoms with Crippen LogP contribution in [0.5, 0.6) is 0 Å². The van der Waals surface area contributed by atoms with E-state index in [1.165, 1.54) is 16.8 Å². The van der Waals surface area contributed by atoms with Crippen LogP contribution in [0.25, 0.3) is 22.2 Å². The second-order valence-electron chi connectivity index (χ2n) is 9.65. The molecule has 3 aromatic heterocycles. The maximum atomic E-state index is 15.0. The Hall–Kier alpha value is -4.27. The standard InChI is InChI=1S/C26H24F6N6O3/c1-13(36-19-12-35-37-22(39)20(19)26(30,31)32)4-3-6-38-7-5-14-8-17(18(27)9-16(14)23(38)40)21-33-10-15(11-34-21)25(2,41)24(28)29/h5,7-13,24,41H,3-4,6H2,1-2H3,(H2,36,37,39)/t13?,25-/m0/s1. The van der Waals surface area contributed by atoms with Crippen LogP contribution in [0.2, 0.25) is 0 Å². The average molecular weight is 583 g/mol. The zero-order chi connectivity index (χ0) is 30.1. The first kappa shape index (κ1) is 29.7. The third-order valence-electron chi connectivity index (χ3n) is 6.54. The second kappa shape index (κ2) is 11.3. The largest absolute Gasteiger partial charge is 0.423 e. The van der Waals surface area contributed by atoms with Crippen molar-refractivity contribution in [3.05, 3.63) is 80.6 Å². The molecule has 0 amide bonds. The molecule has 0 spiro atoms. The molecule has 41 heavy (non-hydrogen) atoms. The fourth-order valence-corrected chi connectivity index (χ4v) is 4.20.